The molecule has 2 aromatic carbocycles. The van der Waals surface area contributed by atoms with Crippen molar-refractivity contribution in [3.8, 4) is 0 Å². The van der Waals surface area contributed by atoms with Crippen molar-refractivity contribution in [2.45, 2.75) is 12.4 Å². The molecule has 0 heterocycles. The van der Waals surface area contributed by atoms with E-state index in [4.69, 9.17) is 0 Å². The van der Waals surface area contributed by atoms with E-state index in [-0.39, 0.29) is 5.69 Å². The zero-order valence-corrected chi connectivity index (χ0v) is 11.3. The molecule has 0 saturated carbocycles. The van der Waals surface area contributed by atoms with E-state index in [1.165, 1.54) is 18.2 Å². The van der Waals surface area contributed by atoms with Crippen molar-refractivity contribution in [2.75, 3.05) is 5.32 Å². The van der Waals surface area contributed by atoms with Gasteiger partial charge in [-0.2, -0.15) is 26.3 Å². The largest absolute Gasteiger partial charge is 0.422 e. The summed E-state index contributed by atoms with van der Waals surface area (Å²) in [6.45, 7) is 0. The molecule has 0 amide bonds. The third-order valence-corrected chi connectivity index (χ3v) is 2.93. The molecule has 130 valence electrons. The highest BCUT2D eigenvalue weighted by atomic mass is 19.4. The maximum atomic E-state index is 14.0. The lowest BCUT2D eigenvalue weighted by atomic mass is 10.0. The van der Waals surface area contributed by atoms with E-state index in [0.29, 0.717) is 0 Å². The number of anilines is 2. The minimum absolute atomic E-state index is 0.249. The van der Waals surface area contributed by atoms with Crippen LogP contribution in [0.4, 0.5) is 50.9 Å². The van der Waals surface area contributed by atoms with Gasteiger partial charge < -0.3 is 5.32 Å². The lowest BCUT2D eigenvalue weighted by Crippen LogP contribution is -2.21. The molecule has 24 heavy (non-hydrogen) atoms. The van der Waals surface area contributed by atoms with E-state index in [0.717, 1.165) is 12.1 Å². The van der Waals surface area contributed by atoms with Crippen LogP contribution in [0, 0.1) is 17.5 Å². The Labute approximate surface area is 128 Å². The number of para-hydroxylation sites is 1. The summed E-state index contributed by atoms with van der Waals surface area (Å²) in [4.78, 5) is 0. The number of alkyl halides is 6. The molecule has 0 atom stereocenters. The highest BCUT2D eigenvalue weighted by molar-refractivity contribution is 5.66. The van der Waals surface area contributed by atoms with Gasteiger partial charge >= 0.3 is 12.4 Å². The predicted molar refractivity (Wildman–Crippen MR) is 66.0 cm³/mol. The molecule has 10 heteroatoms. The molecule has 0 radical (unpaired) electrons. The standard InChI is InChI=1S/C14H6F9N/c15-9-7(13(18,19)20)11(17)12(8(10(9)16)14(21,22)23)24-6-4-2-1-3-5-6/h1-5,24H. The van der Waals surface area contributed by atoms with Gasteiger partial charge in [0, 0.05) is 5.69 Å². The summed E-state index contributed by atoms with van der Waals surface area (Å²) in [6, 6.07) is 6.22. The van der Waals surface area contributed by atoms with Crippen LogP contribution in [0.5, 0.6) is 0 Å². The van der Waals surface area contributed by atoms with Crippen LogP contribution in [0.1, 0.15) is 11.1 Å². The Kier molecular flexibility index (Phi) is 4.42. The lowest BCUT2D eigenvalue weighted by molar-refractivity contribution is -0.147. The van der Waals surface area contributed by atoms with Crippen LogP contribution in [0.3, 0.4) is 0 Å². The lowest BCUT2D eigenvalue weighted by Gasteiger charge is -2.20. The van der Waals surface area contributed by atoms with Gasteiger partial charge in [-0.3, -0.25) is 0 Å². The molecule has 0 bridgehead atoms. The molecule has 0 aliphatic rings. The molecule has 0 aliphatic heterocycles. The zero-order chi connectivity index (χ0) is 18.3. The van der Waals surface area contributed by atoms with Crippen LogP contribution in [0.25, 0.3) is 0 Å². The third-order valence-electron chi connectivity index (χ3n) is 2.93. The fourth-order valence-electron chi connectivity index (χ4n) is 1.96. The van der Waals surface area contributed by atoms with Gasteiger partial charge in [0.05, 0.1) is 5.69 Å². The second-order valence-corrected chi connectivity index (χ2v) is 4.55. The Morgan fingerprint density at radius 2 is 1.08 bits per heavy atom. The monoisotopic (exact) mass is 359 g/mol. The van der Waals surface area contributed by atoms with Gasteiger partial charge in [-0.05, 0) is 12.1 Å². The molecular weight excluding hydrogens is 353 g/mol. The highest BCUT2D eigenvalue weighted by Gasteiger charge is 2.47. The van der Waals surface area contributed by atoms with Gasteiger partial charge in [-0.25, -0.2) is 13.2 Å². The summed E-state index contributed by atoms with van der Waals surface area (Å²) in [6.07, 6.45) is -11.4. The molecule has 0 unspecified atom stereocenters. The van der Waals surface area contributed by atoms with Gasteiger partial charge in [0.25, 0.3) is 0 Å². The summed E-state index contributed by atoms with van der Waals surface area (Å²) < 4.78 is 118. The molecule has 0 spiro atoms. The molecule has 0 aromatic heterocycles. The number of rotatable bonds is 2. The summed E-state index contributed by atoms with van der Waals surface area (Å²) in [7, 11) is 0. The summed E-state index contributed by atoms with van der Waals surface area (Å²) in [5, 5.41) is 1.73. The summed E-state index contributed by atoms with van der Waals surface area (Å²) in [5.74, 6) is -8.38. The minimum Gasteiger partial charge on any atom is -0.353 e. The van der Waals surface area contributed by atoms with Gasteiger partial charge in [-0.15, -0.1) is 0 Å². The fraction of sp³-hybridized carbons (Fsp3) is 0.143. The average molecular weight is 359 g/mol. The SMILES string of the molecule is Fc1c(F)c(C(F)(F)F)c(Nc2ccccc2)c(F)c1C(F)(F)F. The predicted octanol–water partition coefficient (Wildman–Crippen LogP) is 5.89. The van der Waals surface area contributed by atoms with Crippen molar-refractivity contribution in [3.05, 3.63) is 58.9 Å². The molecule has 2 rings (SSSR count). The maximum Gasteiger partial charge on any atom is 0.422 e. The summed E-state index contributed by atoms with van der Waals surface area (Å²) in [5.41, 5.74) is -7.33. The van der Waals surface area contributed by atoms with E-state index in [9.17, 15) is 39.5 Å². The third kappa shape index (κ3) is 3.26. The van der Waals surface area contributed by atoms with Gasteiger partial charge in [0.1, 0.15) is 11.1 Å². The average Bonchev–Trinajstić information content (AvgIpc) is 2.43. The molecule has 0 saturated heterocycles. The number of benzene rings is 2. The van der Waals surface area contributed by atoms with Crippen molar-refractivity contribution in [1.29, 1.82) is 0 Å². The van der Waals surface area contributed by atoms with E-state index in [1.807, 2.05) is 0 Å². The molecule has 1 nitrogen and oxygen atoms in total. The van der Waals surface area contributed by atoms with Crippen molar-refractivity contribution >= 4 is 11.4 Å². The van der Waals surface area contributed by atoms with Gasteiger partial charge in [0.15, 0.2) is 17.5 Å². The number of nitrogens with one attached hydrogen (secondary N) is 1. The first-order valence-corrected chi connectivity index (χ1v) is 6.11. The van der Waals surface area contributed by atoms with Crippen molar-refractivity contribution in [2.24, 2.45) is 0 Å². The van der Waals surface area contributed by atoms with Crippen LogP contribution in [0.15, 0.2) is 30.3 Å². The molecule has 2 aromatic rings. The first kappa shape index (κ1) is 18.0. The van der Waals surface area contributed by atoms with Gasteiger partial charge in [-0.1, -0.05) is 18.2 Å². The number of hydrogen-bond acceptors (Lipinski definition) is 1. The quantitative estimate of drug-likeness (QED) is 0.521. The Balaban J connectivity index is 2.81. The van der Waals surface area contributed by atoms with Crippen molar-refractivity contribution in [1.82, 2.24) is 0 Å². The topological polar surface area (TPSA) is 12.0 Å². The zero-order valence-electron chi connectivity index (χ0n) is 11.3. The van der Waals surface area contributed by atoms with Crippen LogP contribution < -0.4 is 5.32 Å². The van der Waals surface area contributed by atoms with Crippen LogP contribution in [-0.2, 0) is 12.4 Å². The Hall–Kier alpha value is -2.39. The molecular formula is C14H6F9N. The second-order valence-electron chi connectivity index (χ2n) is 4.55. The Morgan fingerprint density at radius 3 is 1.54 bits per heavy atom. The highest BCUT2D eigenvalue weighted by Crippen LogP contribution is 2.45. The maximum absolute atomic E-state index is 14.0. The van der Waals surface area contributed by atoms with Crippen molar-refractivity contribution in [3.63, 3.8) is 0 Å². The van der Waals surface area contributed by atoms with Crippen molar-refractivity contribution < 1.29 is 39.5 Å². The second kappa shape index (κ2) is 5.91. The van der Waals surface area contributed by atoms with E-state index < -0.39 is 46.6 Å². The smallest absolute Gasteiger partial charge is 0.353 e. The summed E-state index contributed by atoms with van der Waals surface area (Å²) >= 11 is 0. The first-order valence-electron chi connectivity index (χ1n) is 6.11. The Morgan fingerprint density at radius 1 is 0.625 bits per heavy atom. The van der Waals surface area contributed by atoms with E-state index in [1.54, 1.807) is 5.32 Å². The normalized spacial score (nSPS) is 12.4. The first-order chi connectivity index (χ1) is 10.9. The minimum atomic E-state index is -5.73. The van der Waals surface area contributed by atoms with E-state index >= 15 is 0 Å². The van der Waals surface area contributed by atoms with Crippen LogP contribution >= 0.6 is 0 Å². The van der Waals surface area contributed by atoms with Crippen LogP contribution in [0.2, 0.25) is 0 Å². The number of halogens is 9. The van der Waals surface area contributed by atoms with E-state index in [2.05, 4.69) is 0 Å². The fourth-order valence-corrected chi connectivity index (χ4v) is 1.96. The number of hydrogen-bond donors (Lipinski definition) is 1. The molecule has 0 fully saturated rings. The van der Waals surface area contributed by atoms with Crippen LogP contribution in [-0.4, -0.2) is 0 Å². The molecule has 0 aliphatic carbocycles. The Bertz CT molecular complexity index is 748. The molecule has 1 N–H and O–H groups in total. The van der Waals surface area contributed by atoms with Gasteiger partial charge in [0.2, 0.25) is 0 Å².